The van der Waals surface area contributed by atoms with Gasteiger partial charge in [-0.25, -0.2) is 39.4 Å². The number of aromatic nitrogens is 5. The second-order valence-corrected chi connectivity index (χ2v) is 21.6. The zero-order chi connectivity index (χ0) is 47.3. The number of alkyl halides is 7. The van der Waals surface area contributed by atoms with Gasteiger partial charge in [0.05, 0.1) is 32.9 Å². The lowest BCUT2D eigenvalue weighted by molar-refractivity contribution is -0.142. The molecule has 2 aromatic carbocycles. The third-order valence-corrected chi connectivity index (χ3v) is 15.6. The first kappa shape index (κ1) is 46.2. The molecular weight excluding hydrogens is 941 g/mol. The van der Waals surface area contributed by atoms with Crippen molar-refractivity contribution in [1.29, 1.82) is 0 Å². The second kappa shape index (κ2) is 15.9. The molecule has 3 heterocycles. The standard InChI is InChI=1S/C41H35ClF9N7O5S2/c1-39(2,64(3,60)61)11-10-22-4-7-24(25-8-9-28(42)33-35(25)57(17-30(45)46)55-38(33)56-65(62,63)23-5-6-23)34(52-22)29(14-19-12-20(43)15-21(44)13-19)53-31(59)18-58-37-32(36(54-58)41(49,50)51)26-16-27(26)40(37,47)48/h4,7-9,12-13,15,23,26-27,29-30H,5-6,14,16-18H2,1-3H3,(H,53,59)(H,55,56)/t26?,27-,29+/m1/s1. The van der Waals surface area contributed by atoms with Gasteiger partial charge in [-0.1, -0.05) is 23.6 Å². The average Bonchev–Trinajstić information content (AvgIpc) is 4.10. The van der Waals surface area contributed by atoms with Crippen LogP contribution in [0, 0.1) is 29.4 Å². The molecule has 0 spiro atoms. The van der Waals surface area contributed by atoms with Crippen molar-refractivity contribution in [3.8, 4) is 23.0 Å². The van der Waals surface area contributed by atoms with E-state index in [2.05, 4.69) is 37.1 Å². The Morgan fingerprint density at radius 3 is 2.26 bits per heavy atom. The second-order valence-electron chi connectivity index (χ2n) is 16.7. The Hall–Kier alpha value is -5.34. The van der Waals surface area contributed by atoms with Gasteiger partial charge in [-0.3, -0.25) is 18.9 Å². The van der Waals surface area contributed by atoms with E-state index in [-0.39, 0.29) is 55.1 Å². The summed E-state index contributed by atoms with van der Waals surface area (Å²) in [6.45, 7) is 0.290. The van der Waals surface area contributed by atoms with Crippen LogP contribution < -0.4 is 10.0 Å². The first-order valence-corrected chi connectivity index (χ1v) is 23.5. The molecule has 346 valence electrons. The predicted octanol–water partition coefficient (Wildman–Crippen LogP) is 7.90. The summed E-state index contributed by atoms with van der Waals surface area (Å²) < 4.78 is 184. The van der Waals surface area contributed by atoms with Crippen molar-refractivity contribution in [2.75, 3.05) is 11.0 Å². The maximum atomic E-state index is 15.5. The Balaban J connectivity index is 1.32. The highest BCUT2D eigenvalue weighted by molar-refractivity contribution is 7.93. The zero-order valence-corrected chi connectivity index (χ0v) is 36.4. The number of hydrogen-bond donors (Lipinski definition) is 2. The Morgan fingerprint density at radius 1 is 0.985 bits per heavy atom. The summed E-state index contributed by atoms with van der Waals surface area (Å²) in [5, 5.41) is 9.01. The summed E-state index contributed by atoms with van der Waals surface area (Å²) in [4.78, 5) is 18.7. The average molecular weight is 976 g/mol. The van der Waals surface area contributed by atoms with Gasteiger partial charge in [-0.2, -0.15) is 32.1 Å². The molecule has 3 atom stereocenters. The van der Waals surface area contributed by atoms with Crippen molar-refractivity contribution >= 4 is 54.1 Å². The zero-order valence-electron chi connectivity index (χ0n) is 34.0. The number of pyridine rings is 1. The van der Waals surface area contributed by atoms with Gasteiger partial charge in [0.2, 0.25) is 15.9 Å². The molecule has 1 amide bonds. The number of carbonyl (C=O) groups is 1. The number of amides is 1. The van der Waals surface area contributed by atoms with Crippen LogP contribution in [0.15, 0.2) is 42.5 Å². The normalized spacial score (nSPS) is 18.6. The van der Waals surface area contributed by atoms with Crippen LogP contribution in [0.4, 0.5) is 45.3 Å². The van der Waals surface area contributed by atoms with E-state index in [1.54, 1.807) is 0 Å². The molecule has 2 saturated carbocycles. The molecule has 0 radical (unpaired) electrons. The van der Waals surface area contributed by atoms with Crippen molar-refractivity contribution < 1.29 is 61.1 Å². The predicted molar refractivity (Wildman–Crippen MR) is 218 cm³/mol. The van der Waals surface area contributed by atoms with Crippen molar-refractivity contribution in [1.82, 2.24) is 29.9 Å². The molecule has 3 aliphatic rings. The van der Waals surface area contributed by atoms with Crippen LogP contribution in [0.2, 0.25) is 5.02 Å². The lowest BCUT2D eigenvalue weighted by atomic mass is 9.93. The van der Waals surface area contributed by atoms with Crippen molar-refractivity contribution in [3.63, 3.8) is 0 Å². The lowest BCUT2D eigenvalue weighted by Gasteiger charge is -2.23. The number of carbonyl (C=O) groups excluding carboxylic acids is 1. The smallest absolute Gasteiger partial charge is 0.346 e. The Kier molecular flexibility index (Phi) is 11.3. The fraction of sp³-hybridized carbons (Fsp3) is 0.415. The Labute approximate surface area is 369 Å². The van der Waals surface area contributed by atoms with Gasteiger partial charge >= 0.3 is 6.18 Å². The highest BCUT2D eigenvalue weighted by atomic mass is 35.5. The van der Waals surface area contributed by atoms with Crippen LogP contribution in [0.25, 0.3) is 22.0 Å². The summed E-state index contributed by atoms with van der Waals surface area (Å²) >= 11 is 6.61. The van der Waals surface area contributed by atoms with Crippen molar-refractivity contribution in [2.45, 2.75) is 93.1 Å². The summed E-state index contributed by atoms with van der Waals surface area (Å²) in [6.07, 6.45) is -7.43. The maximum Gasteiger partial charge on any atom is 0.435 e. The molecule has 3 aliphatic carbocycles. The minimum Gasteiger partial charge on any atom is -0.346 e. The van der Waals surface area contributed by atoms with Crippen LogP contribution in [-0.4, -0.2) is 70.0 Å². The van der Waals surface area contributed by atoms with Gasteiger partial charge in [0.25, 0.3) is 12.3 Å². The van der Waals surface area contributed by atoms with Gasteiger partial charge in [0, 0.05) is 34.9 Å². The van der Waals surface area contributed by atoms with Crippen LogP contribution in [0.5, 0.6) is 0 Å². The number of nitrogens with zero attached hydrogens (tertiary/aromatic N) is 5. The number of sulfonamides is 1. The Bertz CT molecular complexity index is 3070. The summed E-state index contributed by atoms with van der Waals surface area (Å²) in [5.41, 5.74) is -4.22. The third-order valence-electron chi connectivity index (χ3n) is 11.5. The minimum absolute atomic E-state index is 0.0313. The molecule has 1 unspecified atom stereocenters. The monoisotopic (exact) mass is 975 g/mol. The highest BCUT2D eigenvalue weighted by Gasteiger charge is 2.68. The number of sulfone groups is 1. The molecule has 65 heavy (non-hydrogen) atoms. The molecule has 12 nitrogen and oxygen atoms in total. The molecule has 24 heteroatoms. The van der Waals surface area contributed by atoms with E-state index < -0.39 is 126 Å². The van der Waals surface area contributed by atoms with Crippen LogP contribution in [0.3, 0.4) is 0 Å². The first-order valence-electron chi connectivity index (χ1n) is 19.7. The largest absolute Gasteiger partial charge is 0.435 e. The molecular formula is C41H35ClF9N7O5S2. The molecule has 0 aliphatic heterocycles. The molecule has 0 saturated heterocycles. The van der Waals surface area contributed by atoms with Crippen LogP contribution in [-0.2, 0) is 56.3 Å². The topological polar surface area (TPSA) is 158 Å². The van der Waals surface area contributed by atoms with Gasteiger partial charge in [0.1, 0.15) is 40.9 Å². The lowest BCUT2D eigenvalue weighted by Crippen LogP contribution is -2.35. The number of benzene rings is 2. The van der Waals surface area contributed by atoms with Gasteiger partial charge in [0.15, 0.2) is 21.3 Å². The highest BCUT2D eigenvalue weighted by Crippen LogP contribution is 2.68. The number of rotatable bonds is 13. The maximum absolute atomic E-state index is 15.5. The number of halogens is 10. The Morgan fingerprint density at radius 2 is 1.65 bits per heavy atom. The summed E-state index contributed by atoms with van der Waals surface area (Å²) in [7, 11) is -7.88. The van der Waals surface area contributed by atoms with Crippen LogP contribution >= 0.6 is 11.6 Å². The SMILES string of the molecule is CC(C)(C#Cc1ccc(-c2ccc(Cl)c3c(NS(=O)(=O)C4CC4)nn(CC(F)F)c23)c([C@H](Cc2cc(F)cc(F)c2)NC(=O)Cn2nc(C(F)(F)F)c3c2C(F)(F)[C@@H]2CC32)n1)S(C)(=O)=O. The van der Waals surface area contributed by atoms with Gasteiger partial charge < -0.3 is 5.32 Å². The van der Waals surface area contributed by atoms with E-state index in [0.29, 0.717) is 18.9 Å². The van der Waals surface area contributed by atoms with E-state index >= 15 is 8.78 Å². The number of hydrogen-bond acceptors (Lipinski definition) is 8. The van der Waals surface area contributed by atoms with E-state index in [1.165, 1.54) is 38.1 Å². The van der Waals surface area contributed by atoms with Gasteiger partial charge in [-0.05, 0) is 87.3 Å². The number of nitrogens with one attached hydrogen (secondary N) is 2. The molecule has 2 fully saturated rings. The van der Waals surface area contributed by atoms with Crippen molar-refractivity contribution in [3.05, 3.63) is 93.0 Å². The molecule has 2 N–H and O–H groups in total. The van der Waals surface area contributed by atoms with Crippen molar-refractivity contribution in [2.24, 2.45) is 5.92 Å². The molecule has 0 bridgehead atoms. The van der Waals surface area contributed by atoms with Gasteiger partial charge in [-0.15, -0.1) is 0 Å². The first-order chi connectivity index (χ1) is 30.2. The summed E-state index contributed by atoms with van der Waals surface area (Å²) in [6, 6.07) is 5.93. The summed E-state index contributed by atoms with van der Waals surface area (Å²) in [5.74, 6) is -4.86. The molecule has 3 aromatic heterocycles. The van der Waals surface area contributed by atoms with E-state index in [1.807, 2.05) is 0 Å². The van der Waals surface area contributed by atoms with E-state index in [4.69, 9.17) is 11.6 Å². The molecule has 5 aromatic rings. The van der Waals surface area contributed by atoms with E-state index in [0.717, 1.165) is 23.1 Å². The molecule has 8 rings (SSSR count). The van der Waals surface area contributed by atoms with E-state index in [9.17, 15) is 52.4 Å². The third kappa shape index (κ3) is 8.88. The quantitative estimate of drug-likeness (QED) is 0.0891. The fourth-order valence-corrected chi connectivity index (χ4v) is 9.74. The number of anilines is 1. The minimum atomic E-state index is -5.16. The fourth-order valence-electron chi connectivity index (χ4n) is 7.92. The number of fused-ring (bicyclic) bond motifs is 4. The van der Waals surface area contributed by atoms with Crippen LogP contribution in [0.1, 0.15) is 79.0 Å².